The summed E-state index contributed by atoms with van der Waals surface area (Å²) in [7, 11) is 0. The number of aryl methyl sites for hydroxylation is 1. The fraction of sp³-hybridized carbons (Fsp3) is 0.500. The number of nitrogens with one attached hydrogen (secondary N) is 1. The van der Waals surface area contributed by atoms with Gasteiger partial charge in [0.05, 0.1) is 0 Å². The van der Waals surface area contributed by atoms with E-state index in [0.29, 0.717) is 6.54 Å². The Morgan fingerprint density at radius 1 is 1.35 bits per heavy atom. The number of hydrogen-bond acceptors (Lipinski definition) is 1. The summed E-state index contributed by atoms with van der Waals surface area (Å²) in [5.41, 5.74) is 9.06. The summed E-state index contributed by atoms with van der Waals surface area (Å²) in [6.45, 7) is 9.31. The molecule has 0 saturated carbocycles. The highest BCUT2D eigenvalue weighted by Crippen LogP contribution is 2.24. The minimum Gasteiger partial charge on any atom is -0.352 e. The molecule has 0 aliphatic rings. The van der Waals surface area contributed by atoms with Crippen LogP contribution in [-0.2, 0) is 11.8 Å². The highest BCUT2D eigenvalue weighted by atomic mass is 16.2. The Hall–Kier alpha value is -1.51. The number of benzene rings is 1. The lowest BCUT2D eigenvalue weighted by Gasteiger charge is -2.20. The molecule has 2 amide bonds. The monoisotopic (exact) mass is 234 g/mol. The molecule has 0 aliphatic heterocycles. The zero-order valence-corrected chi connectivity index (χ0v) is 11.1. The van der Waals surface area contributed by atoms with Crippen LogP contribution in [-0.4, -0.2) is 12.6 Å². The van der Waals surface area contributed by atoms with Gasteiger partial charge in [0.25, 0.3) is 0 Å². The molecular weight excluding hydrogens is 212 g/mol. The first-order valence-electron chi connectivity index (χ1n) is 5.94. The summed E-state index contributed by atoms with van der Waals surface area (Å²) in [5, 5.41) is 2.60. The number of nitrogens with two attached hydrogens (primary N) is 1. The second-order valence-electron chi connectivity index (χ2n) is 5.43. The van der Waals surface area contributed by atoms with Gasteiger partial charge in [-0.2, -0.15) is 0 Å². The predicted molar refractivity (Wildman–Crippen MR) is 71.2 cm³/mol. The molecule has 0 bridgehead atoms. The number of hydrogen-bond donors (Lipinski definition) is 2. The van der Waals surface area contributed by atoms with Crippen molar-refractivity contribution in [3.05, 3.63) is 34.9 Å². The highest BCUT2D eigenvalue weighted by Gasteiger charge is 2.14. The molecule has 0 aliphatic carbocycles. The molecule has 94 valence electrons. The Labute approximate surface area is 103 Å². The summed E-state index contributed by atoms with van der Waals surface area (Å²) < 4.78 is 0. The first-order valence-corrected chi connectivity index (χ1v) is 5.94. The van der Waals surface area contributed by atoms with Gasteiger partial charge in [0.1, 0.15) is 0 Å². The van der Waals surface area contributed by atoms with Gasteiger partial charge in [0.2, 0.25) is 0 Å². The smallest absolute Gasteiger partial charge is 0.312 e. The molecule has 0 saturated heterocycles. The van der Waals surface area contributed by atoms with Gasteiger partial charge in [-0.1, -0.05) is 39.0 Å². The fourth-order valence-corrected chi connectivity index (χ4v) is 1.76. The first-order chi connectivity index (χ1) is 7.80. The summed E-state index contributed by atoms with van der Waals surface area (Å²) in [5.74, 6) is 0. The van der Waals surface area contributed by atoms with E-state index in [2.05, 4.69) is 51.2 Å². The minimum absolute atomic E-state index is 0.175. The van der Waals surface area contributed by atoms with E-state index >= 15 is 0 Å². The van der Waals surface area contributed by atoms with Crippen LogP contribution >= 0.6 is 0 Å². The third-order valence-electron chi connectivity index (χ3n) is 2.90. The first kappa shape index (κ1) is 13.6. The Morgan fingerprint density at radius 2 is 2.00 bits per heavy atom. The minimum atomic E-state index is -0.464. The van der Waals surface area contributed by atoms with Crippen molar-refractivity contribution in [2.75, 3.05) is 6.54 Å². The maximum atomic E-state index is 10.6. The molecular formula is C14H22N2O. The van der Waals surface area contributed by atoms with E-state index < -0.39 is 6.03 Å². The van der Waals surface area contributed by atoms with E-state index in [-0.39, 0.29) is 5.41 Å². The Bertz CT molecular complexity index is 405. The number of amides is 2. The Kier molecular flexibility index (Phi) is 4.16. The van der Waals surface area contributed by atoms with Crippen LogP contribution in [0.1, 0.15) is 37.5 Å². The summed E-state index contributed by atoms with van der Waals surface area (Å²) in [4.78, 5) is 10.6. The molecule has 0 spiro atoms. The van der Waals surface area contributed by atoms with Crippen molar-refractivity contribution < 1.29 is 4.79 Å². The van der Waals surface area contributed by atoms with Crippen molar-refractivity contribution in [1.29, 1.82) is 0 Å². The van der Waals surface area contributed by atoms with Crippen molar-refractivity contribution in [2.24, 2.45) is 5.73 Å². The van der Waals surface area contributed by atoms with Gasteiger partial charge in [-0.3, -0.25) is 0 Å². The number of carbonyl (C=O) groups is 1. The quantitative estimate of drug-likeness (QED) is 0.829. The van der Waals surface area contributed by atoms with Gasteiger partial charge in [0, 0.05) is 6.54 Å². The maximum absolute atomic E-state index is 10.6. The van der Waals surface area contributed by atoms with Crippen LogP contribution < -0.4 is 11.1 Å². The van der Waals surface area contributed by atoms with E-state index in [1.165, 1.54) is 16.7 Å². The molecule has 0 unspecified atom stereocenters. The van der Waals surface area contributed by atoms with Crippen molar-refractivity contribution in [3.8, 4) is 0 Å². The zero-order valence-electron chi connectivity index (χ0n) is 11.1. The standard InChI is InChI=1S/C14H22N2O/c1-10-9-12(14(2,3)4)6-5-11(10)7-8-16-13(15)17/h5-6,9H,7-8H2,1-4H3,(H3,15,16,17). The van der Waals surface area contributed by atoms with Gasteiger partial charge < -0.3 is 11.1 Å². The fourth-order valence-electron chi connectivity index (χ4n) is 1.76. The molecule has 0 aromatic heterocycles. The topological polar surface area (TPSA) is 55.1 Å². The summed E-state index contributed by atoms with van der Waals surface area (Å²) in [6.07, 6.45) is 0.819. The molecule has 3 nitrogen and oxygen atoms in total. The third kappa shape index (κ3) is 4.10. The highest BCUT2D eigenvalue weighted by molar-refractivity contribution is 5.71. The average Bonchev–Trinajstić information content (AvgIpc) is 2.18. The lowest BCUT2D eigenvalue weighted by molar-refractivity contribution is 0.249. The number of carbonyl (C=O) groups excluding carboxylic acids is 1. The molecule has 1 aromatic rings. The van der Waals surface area contributed by atoms with Crippen LogP contribution in [0, 0.1) is 6.92 Å². The van der Waals surface area contributed by atoms with Crippen LogP contribution in [0.3, 0.4) is 0 Å². The van der Waals surface area contributed by atoms with Crippen LogP contribution in [0.25, 0.3) is 0 Å². The van der Waals surface area contributed by atoms with Gasteiger partial charge >= 0.3 is 6.03 Å². The molecule has 3 N–H and O–H groups in total. The van der Waals surface area contributed by atoms with Crippen molar-refractivity contribution in [3.63, 3.8) is 0 Å². The molecule has 1 aromatic carbocycles. The van der Waals surface area contributed by atoms with Crippen molar-refractivity contribution >= 4 is 6.03 Å². The van der Waals surface area contributed by atoms with Crippen LogP contribution in [0.2, 0.25) is 0 Å². The number of rotatable bonds is 3. The van der Waals surface area contributed by atoms with Crippen LogP contribution in [0.5, 0.6) is 0 Å². The summed E-state index contributed by atoms with van der Waals surface area (Å²) >= 11 is 0. The molecule has 0 radical (unpaired) electrons. The normalized spacial score (nSPS) is 11.3. The van der Waals surface area contributed by atoms with E-state index in [0.717, 1.165) is 6.42 Å². The second-order valence-corrected chi connectivity index (χ2v) is 5.43. The molecule has 0 atom stereocenters. The van der Waals surface area contributed by atoms with E-state index in [4.69, 9.17) is 5.73 Å². The summed E-state index contributed by atoms with van der Waals surface area (Å²) in [6, 6.07) is 6.05. The van der Waals surface area contributed by atoms with E-state index in [1.54, 1.807) is 0 Å². The molecule has 0 fully saturated rings. The lowest BCUT2D eigenvalue weighted by atomic mass is 9.85. The van der Waals surface area contributed by atoms with Gasteiger partial charge in [-0.15, -0.1) is 0 Å². The Morgan fingerprint density at radius 3 is 2.47 bits per heavy atom. The zero-order chi connectivity index (χ0) is 13.1. The maximum Gasteiger partial charge on any atom is 0.312 e. The van der Waals surface area contributed by atoms with Gasteiger partial charge in [-0.05, 0) is 35.4 Å². The van der Waals surface area contributed by atoms with E-state index in [1.807, 2.05) is 0 Å². The van der Waals surface area contributed by atoms with Crippen LogP contribution in [0.15, 0.2) is 18.2 Å². The molecule has 17 heavy (non-hydrogen) atoms. The Balaban J connectivity index is 2.73. The largest absolute Gasteiger partial charge is 0.352 e. The molecule has 1 rings (SSSR count). The average molecular weight is 234 g/mol. The third-order valence-corrected chi connectivity index (χ3v) is 2.90. The SMILES string of the molecule is Cc1cc(C(C)(C)C)ccc1CCNC(N)=O. The molecule has 3 heteroatoms. The van der Waals surface area contributed by atoms with Gasteiger partial charge in [0.15, 0.2) is 0 Å². The second kappa shape index (κ2) is 5.21. The number of primary amides is 1. The van der Waals surface area contributed by atoms with Gasteiger partial charge in [-0.25, -0.2) is 4.79 Å². The van der Waals surface area contributed by atoms with E-state index in [9.17, 15) is 4.79 Å². The van der Waals surface area contributed by atoms with Crippen molar-refractivity contribution in [2.45, 2.75) is 39.5 Å². The van der Waals surface area contributed by atoms with Crippen molar-refractivity contribution in [1.82, 2.24) is 5.32 Å². The van der Waals surface area contributed by atoms with Crippen LogP contribution in [0.4, 0.5) is 4.79 Å². The number of urea groups is 1. The molecule has 0 heterocycles. The predicted octanol–water partition coefficient (Wildman–Crippen LogP) is 2.50. The lowest BCUT2D eigenvalue weighted by Crippen LogP contribution is -2.31.